The van der Waals surface area contributed by atoms with Crippen LogP contribution in [-0.2, 0) is 6.42 Å². The molecular weight excluding hydrogens is 232 g/mol. The van der Waals surface area contributed by atoms with Crippen LogP contribution in [-0.4, -0.2) is 18.2 Å². The molecule has 0 aliphatic rings. The maximum absolute atomic E-state index is 11.2. The first-order chi connectivity index (χ1) is 8.52. The molecule has 1 N–H and O–H groups in total. The number of benzene rings is 1. The summed E-state index contributed by atoms with van der Waals surface area (Å²) in [7, 11) is 1.54. The van der Waals surface area contributed by atoms with Gasteiger partial charge in [-0.2, -0.15) is 0 Å². The molecule has 1 aromatic heterocycles. The van der Waals surface area contributed by atoms with Crippen LogP contribution in [0.1, 0.15) is 30.0 Å². The highest BCUT2D eigenvalue weighted by atomic mass is 16.5. The highest BCUT2D eigenvalue weighted by molar-refractivity contribution is 6.04. The van der Waals surface area contributed by atoms with Crippen LogP contribution in [0.5, 0.6) is 5.75 Å². The molecule has 0 radical (unpaired) electrons. The Morgan fingerprint density at radius 2 is 2.17 bits per heavy atom. The second-order valence-electron chi connectivity index (χ2n) is 4.67. The van der Waals surface area contributed by atoms with E-state index in [0.717, 1.165) is 12.2 Å². The molecule has 4 nitrogen and oxygen atoms in total. The van der Waals surface area contributed by atoms with Crippen molar-refractivity contribution in [3.05, 3.63) is 29.5 Å². The summed E-state index contributed by atoms with van der Waals surface area (Å²) in [4.78, 5) is 11.2. The first-order valence-corrected chi connectivity index (χ1v) is 5.85. The van der Waals surface area contributed by atoms with Crippen LogP contribution >= 0.6 is 0 Å². The van der Waals surface area contributed by atoms with Crippen LogP contribution < -0.4 is 4.74 Å². The summed E-state index contributed by atoms with van der Waals surface area (Å²) >= 11 is 0. The number of hydrogen-bond donors (Lipinski definition) is 1. The summed E-state index contributed by atoms with van der Waals surface area (Å²) in [5.41, 5.74) is 0.748. The number of fused-ring (bicyclic) bond motifs is 1. The number of rotatable bonds is 4. The zero-order valence-electron chi connectivity index (χ0n) is 10.7. The van der Waals surface area contributed by atoms with Crippen molar-refractivity contribution >= 4 is 16.9 Å². The summed E-state index contributed by atoms with van der Waals surface area (Å²) in [6.45, 7) is 4.17. The van der Waals surface area contributed by atoms with E-state index in [1.165, 1.54) is 6.07 Å². The van der Waals surface area contributed by atoms with Crippen LogP contribution in [0.3, 0.4) is 0 Å². The highest BCUT2D eigenvalue weighted by Gasteiger charge is 2.17. The summed E-state index contributed by atoms with van der Waals surface area (Å²) in [5.74, 6) is 0.835. The first kappa shape index (κ1) is 12.5. The lowest BCUT2D eigenvalue weighted by Gasteiger charge is -2.02. The van der Waals surface area contributed by atoms with Gasteiger partial charge in [0, 0.05) is 11.8 Å². The molecule has 0 bridgehead atoms. The molecule has 2 aromatic rings. The molecule has 0 atom stereocenters. The lowest BCUT2D eigenvalue weighted by Crippen LogP contribution is -1.97. The van der Waals surface area contributed by atoms with Gasteiger partial charge in [-0.1, -0.05) is 13.8 Å². The van der Waals surface area contributed by atoms with Crippen molar-refractivity contribution in [2.45, 2.75) is 20.3 Å². The van der Waals surface area contributed by atoms with Gasteiger partial charge in [0.2, 0.25) is 0 Å². The first-order valence-electron chi connectivity index (χ1n) is 5.85. The third kappa shape index (κ3) is 2.18. The van der Waals surface area contributed by atoms with Crippen LogP contribution in [0, 0.1) is 5.92 Å². The number of carbonyl (C=O) groups is 1. The molecule has 0 saturated heterocycles. The molecule has 0 amide bonds. The van der Waals surface area contributed by atoms with Gasteiger partial charge in [-0.3, -0.25) is 0 Å². The Hall–Kier alpha value is -1.97. The third-order valence-corrected chi connectivity index (χ3v) is 2.76. The summed E-state index contributed by atoms with van der Waals surface area (Å²) in [5, 5.41) is 9.75. The zero-order valence-corrected chi connectivity index (χ0v) is 10.7. The highest BCUT2D eigenvalue weighted by Crippen LogP contribution is 2.32. The number of ether oxygens (including phenoxy) is 1. The number of aromatic carboxylic acids is 1. The van der Waals surface area contributed by atoms with Crippen molar-refractivity contribution in [3.63, 3.8) is 0 Å². The predicted molar refractivity (Wildman–Crippen MR) is 68.3 cm³/mol. The predicted octanol–water partition coefficient (Wildman–Crippen LogP) is 3.34. The Bertz CT molecular complexity index is 581. The minimum atomic E-state index is -0.959. The fourth-order valence-electron chi connectivity index (χ4n) is 2.00. The van der Waals surface area contributed by atoms with E-state index in [9.17, 15) is 4.79 Å². The molecule has 1 aromatic carbocycles. The van der Waals surface area contributed by atoms with E-state index in [4.69, 9.17) is 14.3 Å². The normalized spacial score (nSPS) is 11.1. The lowest BCUT2D eigenvalue weighted by molar-refractivity contribution is 0.0699. The number of carboxylic acid groups (broad SMARTS) is 1. The van der Waals surface area contributed by atoms with Gasteiger partial charge in [0.05, 0.1) is 12.7 Å². The van der Waals surface area contributed by atoms with Crippen LogP contribution in [0.2, 0.25) is 0 Å². The van der Waals surface area contributed by atoms with Crippen LogP contribution in [0.25, 0.3) is 11.0 Å². The second kappa shape index (κ2) is 4.72. The molecule has 0 saturated carbocycles. The molecule has 0 aliphatic heterocycles. The number of furan rings is 1. The Morgan fingerprint density at radius 3 is 2.72 bits per heavy atom. The third-order valence-electron chi connectivity index (χ3n) is 2.76. The molecule has 0 unspecified atom stereocenters. The molecule has 0 fully saturated rings. The average molecular weight is 248 g/mol. The standard InChI is InChI=1S/C14H16O4/c1-8(2)6-9-7-11-10(14(15)16)4-5-12(17-3)13(11)18-9/h4-5,7-8H,6H2,1-3H3,(H,15,16). The van der Waals surface area contributed by atoms with Gasteiger partial charge < -0.3 is 14.3 Å². The summed E-state index contributed by atoms with van der Waals surface area (Å²) in [6.07, 6.45) is 0.775. The largest absolute Gasteiger partial charge is 0.493 e. The quantitative estimate of drug-likeness (QED) is 0.901. The van der Waals surface area contributed by atoms with Gasteiger partial charge in [0.15, 0.2) is 11.3 Å². The van der Waals surface area contributed by atoms with Crippen molar-refractivity contribution in [1.29, 1.82) is 0 Å². The minimum absolute atomic E-state index is 0.240. The zero-order chi connectivity index (χ0) is 13.3. The minimum Gasteiger partial charge on any atom is -0.493 e. The molecular formula is C14H16O4. The fourth-order valence-corrected chi connectivity index (χ4v) is 2.00. The molecule has 1 heterocycles. The van der Waals surface area contributed by atoms with E-state index >= 15 is 0 Å². The Balaban J connectivity index is 2.62. The molecule has 18 heavy (non-hydrogen) atoms. The van der Waals surface area contributed by atoms with Crippen LogP contribution in [0.4, 0.5) is 0 Å². The molecule has 96 valence electrons. The number of hydrogen-bond acceptors (Lipinski definition) is 3. The Labute approximate surface area is 105 Å². The van der Waals surface area contributed by atoms with Crippen LogP contribution in [0.15, 0.2) is 22.6 Å². The average Bonchev–Trinajstić information content (AvgIpc) is 2.69. The van der Waals surface area contributed by atoms with Crippen molar-refractivity contribution in [2.75, 3.05) is 7.11 Å². The second-order valence-corrected chi connectivity index (χ2v) is 4.67. The maximum atomic E-state index is 11.2. The van der Waals surface area contributed by atoms with Gasteiger partial charge in [0.1, 0.15) is 5.76 Å². The van der Waals surface area contributed by atoms with Gasteiger partial charge >= 0.3 is 5.97 Å². The summed E-state index contributed by atoms with van der Waals surface area (Å²) < 4.78 is 10.9. The van der Waals surface area contributed by atoms with E-state index in [1.807, 2.05) is 0 Å². The van der Waals surface area contributed by atoms with Gasteiger partial charge in [-0.15, -0.1) is 0 Å². The summed E-state index contributed by atoms with van der Waals surface area (Å²) in [6, 6.07) is 4.95. The molecule has 4 heteroatoms. The van der Waals surface area contributed by atoms with E-state index < -0.39 is 5.97 Å². The van der Waals surface area contributed by atoms with Gasteiger partial charge in [0.25, 0.3) is 0 Å². The van der Waals surface area contributed by atoms with E-state index in [0.29, 0.717) is 22.6 Å². The van der Waals surface area contributed by atoms with Crippen molar-refractivity contribution in [2.24, 2.45) is 5.92 Å². The van der Waals surface area contributed by atoms with Gasteiger partial charge in [-0.05, 0) is 24.1 Å². The molecule has 2 rings (SSSR count). The van der Waals surface area contributed by atoms with E-state index in [2.05, 4.69) is 13.8 Å². The topological polar surface area (TPSA) is 59.7 Å². The smallest absolute Gasteiger partial charge is 0.336 e. The van der Waals surface area contributed by atoms with Gasteiger partial charge in [-0.25, -0.2) is 4.79 Å². The van der Waals surface area contributed by atoms with Crippen molar-refractivity contribution < 1.29 is 19.1 Å². The molecule has 0 aliphatic carbocycles. The lowest BCUT2D eigenvalue weighted by atomic mass is 10.1. The Kier molecular flexibility index (Phi) is 3.28. The van der Waals surface area contributed by atoms with Crippen molar-refractivity contribution in [3.8, 4) is 5.75 Å². The maximum Gasteiger partial charge on any atom is 0.336 e. The number of methoxy groups -OCH3 is 1. The van der Waals surface area contributed by atoms with E-state index in [-0.39, 0.29) is 5.56 Å². The number of carboxylic acids is 1. The fraction of sp³-hybridized carbons (Fsp3) is 0.357. The monoisotopic (exact) mass is 248 g/mol. The van der Waals surface area contributed by atoms with E-state index in [1.54, 1.807) is 19.2 Å². The molecule has 0 spiro atoms. The van der Waals surface area contributed by atoms with Crippen molar-refractivity contribution in [1.82, 2.24) is 0 Å². The SMILES string of the molecule is COc1ccc(C(=O)O)c2cc(CC(C)C)oc12. The Morgan fingerprint density at radius 1 is 1.44 bits per heavy atom.